The first-order valence-corrected chi connectivity index (χ1v) is 10.1. The second-order valence-electron chi connectivity index (χ2n) is 6.51. The summed E-state index contributed by atoms with van der Waals surface area (Å²) < 4.78 is 33.5. The molecule has 1 unspecified atom stereocenters. The van der Waals surface area contributed by atoms with Gasteiger partial charge in [0.25, 0.3) is 0 Å². The van der Waals surface area contributed by atoms with E-state index in [1.54, 1.807) is 18.2 Å². The van der Waals surface area contributed by atoms with Crippen LogP contribution in [0.25, 0.3) is 10.8 Å². The molecule has 140 valence electrons. The van der Waals surface area contributed by atoms with Crippen molar-refractivity contribution in [2.45, 2.75) is 36.6 Å². The summed E-state index contributed by atoms with van der Waals surface area (Å²) in [4.78, 5) is 16.1. The Morgan fingerprint density at radius 3 is 2.69 bits per heavy atom. The van der Waals surface area contributed by atoms with Crippen LogP contribution in [0.2, 0.25) is 0 Å². The van der Waals surface area contributed by atoms with Gasteiger partial charge in [-0.3, -0.25) is 0 Å². The molecule has 26 heavy (non-hydrogen) atoms. The molecule has 3 rings (SSSR count). The van der Waals surface area contributed by atoms with Crippen LogP contribution in [0.1, 0.15) is 36.2 Å². The highest BCUT2D eigenvalue weighted by atomic mass is 32.2. The Labute approximate surface area is 153 Å². The molecule has 0 spiro atoms. The molecule has 7 nitrogen and oxygen atoms in total. The predicted molar refractivity (Wildman–Crippen MR) is 98.2 cm³/mol. The number of nitrogens with two attached hydrogens (primary N) is 1. The molecule has 1 aliphatic rings. The second kappa shape index (κ2) is 7.69. The lowest BCUT2D eigenvalue weighted by Gasteiger charge is -2.23. The van der Waals surface area contributed by atoms with Gasteiger partial charge in [-0.25, -0.2) is 22.9 Å². The number of fused-ring (bicyclic) bond motifs is 1. The molecule has 1 fully saturated rings. The van der Waals surface area contributed by atoms with Crippen molar-refractivity contribution >= 4 is 26.8 Å². The zero-order chi connectivity index (χ0) is 18.7. The van der Waals surface area contributed by atoms with Gasteiger partial charge in [-0.2, -0.15) is 0 Å². The summed E-state index contributed by atoms with van der Waals surface area (Å²) in [7, 11) is -2.53. The normalized spacial score (nSPS) is 16.7. The van der Waals surface area contributed by atoms with E-state index in [0.29, 0.717) is 10.8 Å². The maximum absolute atomic E-state index is 13.0. The van der Waals surface area contributed by atoms with Crippen molar-refractivity contribution in [1.82, 2.24) is 9.71 Å². The largest absolute Gasteiger partial charge is 0.464 e. The van der Waals surface area contributed by atoms with Crippen LogP contribution >= 0.6 is 0 Å². The molecule has 3 N–H and O–H groups in total. The molecule has 0 saturated heterocycles. The SMILES string of the molecule is COC(=O)c1nccc2c(S(=O)(=O)NC(CN)C3CCCC3)cccc12. The van der Waals surface area contributed by atoms with Gasteiger partial charge < -0.3 is 10.5 Å². The number of hydrogen-bond donors (Lipinski definition) is 2. The number of ether oxygens (including phenoxy) is 1. The van der Waals surface area contributed by atoms with E-state index in [1.807, 2.05) is 0 Å². The van der Waals surface area contributed by atoms with Gasteiger partial charge in [-0.1, -0.05) is 25.0 Å². The fourth-order valence-electron chi connectivity index (χ4n) is 3.63. The van der Waals surface area contributed by atoms with E-state index in [9.17, 15) is 13.2 Å². The molecule has 1 aliphatic carbocycles. The minimum Gasteiger partial charge on any atom is -0.464 e. The Kier molecular flexibility index (Phi) is 5.55. The first-order chi connectivity index (χ1) is 12.5. The van der Waals surface area contributed by atoms with Gasteiger partial charge in [-0.15, -0.1) is 0 Å². The number of benzene rings is 1. The molecule has 1 saturated carbocycles. The summed E-state index contributed by atoms with van der Waals surface area (Å²) in [5.41, 5.74) is 5.93. The van der Waals surface area contributed by atoms with Crippen LogP contribution in [0, 0.1) is 5.92 Å². The quantitative estimate of drug-likeness (QED) is 0.743. The monoisotopic (exact) mass is 377 g/mol. The number of rotatable bonds is 6. The third-order valence-electron chi connectivity index (χ3n) is 4.96. The first-order valence-electron chi connectivity index (χ1n) is 8.66. The molecular formula is C18H23N3O4S. The van der Waals surface area contributed by atoms with Crippen molar-refractivity contribution in [2.75, 3.05) is 13.7 Å². The Balaban J connectivity index is 2.02. The van der Waals surface area contributed by atoms with E-state index in [1.165, 1.54) is 19.4 Å². The van der Waals surface area contributed by atoms with Gasteiger partial charge in [-0.05, 0) is 30.9 Å². The van der Waals surface area contributed by atoms with Crippen molar-refractivity contribution in [2.24, 2.45) is 11.7 Å². The highest BCUT2D eigenvalue weighted by Crippen LogP contribution is 2.29. The smallest absolute Gasteiger partial charge is 0.357 e. The average Bonchev–Trinajstić information content (AvgIpc) is 3.19. The lowest BCUT2D eigenvalue weighted by molar-refractivity contribution is 0.0596. The van der Waals surface area contributed by atoms with Gasteiger partial charge in [0, 0.05) is 29.6 Å². The van der Waals surface area contributed by atoms with Crippen molar-refractivity contribution in [1.29, 1.82) is 0 Å². The zero-order valence-corrected chi connectivity index (χ0v) is 15.5. The lowest BCUT2D eigenvalue weighted by Crippen LogP contribution is -2.44. The molecule has 1 atom stereocenters. The van der Waals surface area contributed by atoms with Gasteiger partial charge in [0.05, 0.1) is 12.0 Å². The minimum atomic E-state index is -3.79. The average molecular weight is 377 g/mol. The van der Waals surface area contributed by atoms with E-state index in [0.717, 1.165) is 25.7 Å². The number of carbonyl (C=O) groups is 1. The van der Waals surface area contributed by atoms with E-state index >= 15 is 0 Å². The van der Waals surface area contributed by atoms with Crippen LogP contribution in [-0.2, 0) is 14.8 Å². The number of nitrogens with zero attached hydrogens (tertiary/aromatic N) is 1. The zero-order valence-electron chi connectivity index (χ0n) is 14.6. The van der Waals surface area contributed by atoms with Gasteiger partial charge in [0.1, 0.15) is 0 Å². The number of pyridine rings is 1. The van der Waals surface area contributed by atoms with E-state index in [2.05, 4.69) is 9.71 Å². The number of esters is 1. The first kappa shape index (κ1) is 18.8. The summed E-state index contributed by atoms with van der Waals surface area (Å²) in [6.45, 7) is 0.254. The summed E-state index contributed by atoms with van der Waals surface area (Å²) in [5, 5.41) is 0.866. The summed E-state index contributed by atoms with van der Waals surface area (Å²) >= 11 is 0. The number of methoxy groups -OCH3 is 1. The van der Waals surface area contributed by atoms with Crippen molar-refractivity contribution < 1.29 is 17.9 Å². The second-order valence-corrected chi connectivity index (χ2v) is 8.19. The number of hydrogen-bond acceptors (Lipinski definition) is 6. The number of aromatic nitrogens is 1. The Hall–Kier alpha value is -2.03. The molecule has 0 aliphatic heterocycles. The Bertz CT molecular complexity index is 908. The topological polar surface area (TPSA) is 111 Å². The van der Waals surface area contributed by atoms with Crippen molar-refractivity contribution in [3.63, 3.8) is 0 Å². The van der Waals surface area contributed by atoms with Crippen LogP contribution < -0.4 is 10.5 Å². The molecule has 2 aromatic rings. The molecule has 0 radical (unpaired) electrons. The maximum atomic E-state index is 13.0. The molecule has 1 heterocycles. The summed E-state index contributed by atoms with van der Waals surface area (Å²) in [6, 6.07) is 6.07. The van der Waals surface area contributed by atoms with Crippen LogP contribution in [0.4, 0.5) is 0 Å². The highest BCUT2D eigenvalue weighted by molar-refractivity contribution is 7.89. The Morgan fingerprint density at radius 1 is 1.31 bits per heavy atom. The molecular weight excluding hydrogens is 354 g/mol. The molecule has 0 bridgehead atoms. The molecule has 8 heteroatoms. The van der Waals surface area contributed by atoms with Gasteiger partial charge in [0.15, 0.2) is 5.69 Å². The number of carbonyl (C=O) groups excluding carboxylic acids is 1. The molecule has 1 aromatic heterocycles. The van der Waals surface area contributed by atoms with Crippen LogP contribution in [-0.4, -0.2) is 39.1 Å². The third-order valence-corrected chi connectivity index (χ3v) is 6.51. The highest BCUT2D eigenvalue weighted by Gasteiger charge is 2.29. The van der Waals surface area contributed by atoms with E-state index in [-0.39, 0.29) is 29.1 Å². The molecule has 0 amide bonds. The van der Waals surface area contributed by atoms with Crippen LogP contribution in [0.5, 0.6) is 0 Å². The van der Waals surface area contributed by atoms with Crippen LogP contribution in [0.3, 0.4) is 0 Å². The number of nitrogens with one attached hydrogen (secondary N) is 1. The summed E-state index contributed by atoms with van der Waals surface area (Å²) in [5.74, 6) is -0.346. The Morgan fingerprint density at radius 2 is 2.04 bits per heavy atom. The van der Waals surface area contributed by atoms with Gasteiger partial charge >= 0.3 is 5.97 Å². The fourth-order valence-corrected chi connectivity index (χ4v) is 5.17. The predicted octanol–water partition coefficient (Wildman–Crippen LogP) is 1.82. The number of sulfonamides is 1. The van der Waals surface area contributed by atoms with Crippen LogP contribution in [0.15, 0.2) is 35.4 Å². The summed E-state index contributed by atoms with van der Waals surface area (Å²) in [6.07, 6.45) is 5.58. The molecule has 1 aromatic carbocycles. The standard InChI is InChI=1S/C18H23N3O4S/c1-25-18(22)17-14-7-4-8-16(13(14)9-10-20-17)26(23,24)21-15(11-19)12-5-2-3-6-12/h4,7-10,12,15,21H,2-3,5-6,11,19H2,1H3. The third kappa shape index (κ3) is 3.58. The lowest BCUT2D eigenvalue weighted by atomic mass is 9.99. The maximum Gasteiger partial charge on any atom is 0.357 e. The van der Waals surface area contributed by atoms with E-state index < -0.39 is 16.0 Å². The fraction of sp³-hybridized carbons (Fsp3) is 0.444. The van der Waals surface area contributed by atoms with Gasteiger partial charge in [0.2, 0.25) is 10.0 Å². The van der Waals surface area contributed by atoms with Crippen molar-refractivity contribution in [3.8, 4) is 0 Å². The van der Waals surface area contributed by atoms with E-state index in [4.69, 9.17) is 10.5 Å². The van der Waals surface area contributed by atoms with Crippen molar-refractivity contribution in [3.05, 3.63) is 36.2 Å². The minimum absolute atomic E-state index is 0.0909.